The molecule has 0 saturated carbocycles. The average molecular weight is 402 g/mol. The summed E-state index contributed by atoms with van der Waals surface area (Å²) in [5.74, 6) is -2.69. The van der Waals surface area contributed by atoms with Crippen molar-refractivity contribution in [3.05, 3.63) is 0 Å². The zero-order valence-corrected chi connectivity index (χ0v) is 17.5. The number of carbonyl (C=O) groups excluding carboxylic acids is 4. The number of hydrogen-bond donors (Lipinski definition) is 1. The van der Waals surface area contributed by atoms with E-state index in [0.717, 1.165) is 14.7 Å². The largest absolute Gasteiger partial charge is 0.480 e. The fourth-order valence-corrected chi connectivity index (χ4v) is 2.06. The van der Waals surface area contributed by atoms with Gasteiger partial charge in [-0.2, -0.15) is 0 Å². The summed E-state index contributed by atoms with van der Waals surface area (Å²) >= 11 is 0. The smallest absolute Gasteiger partial charge is 0.410 e. The Morgan fingerprint density at radius 3 is 1.43 bits per heavy atom. The number of likely N-dealkylation sites (N-methyl/N-ethyl adjacent to an activating group) is 3. The molecule has 160 valence electrons. The molecule has 11 heteroatoms. The second kappa shape index (κ2) is 10.5. The van der Waals surface area contributed by atoms with Gasteiger partial charge in [0.25, 0.3) is 0 Å². The lowest BCUT2D eigenvalue weighted by Gasteiger charge is -2.34. The molecule has 0 unspecified atom stereocenters. The van der Waals surface area contributed by atoms with Crippen molar-refractivity contribution in [2.75, 3.05) is 54.4 Å². The molecule has 0 rings (SSSR count). The third-order valence-electron chi connectivity index (χ3n) is 3.89. The van der Waals surface area contributed by atoms with Crippen LogP contribution in [0.4, 0.5) is 4.79 Å². The van der Waals surface area contributed by atoms with Crippen molar-refractivity contribution in [1.29, 1.82) is 0 Å². The monoisotopic (exact) mass is 402 g/mol. The van der Waals surface area contributed by atoms with Crippen LogP contribution < -0.4 is 0 Å². The predicted molar refractivity (Wildman–Crippen MR) is 99.4 cm³/mol. The summed E-state index contributed by atoms with van der Waals surface area (Å²) in [6.45, 7) is 3.87. The third kappa shape index (κ3) is 8.23. The van der Waals surface area contributed by atoms with E-state index in [1.807, 2.05) is 0 Å². The summed E-state index contributed by atoms with van der Waals surface area (Å²) in [5.41, 5.74) is -0.661. The van der Waals surface area contributed by atoms with Gasteiger partial charge in [-0.15, -0.1) is 0 Å². The van der Waals surface area contributed by atoms with Crippen LogP contribution in [0.5, 0.6) is 0 Å². The number of hydrogen-bond acceptors (Lipinski definition) is 6. The predicted octanol–water partition coefficient (Wildman–Crippen LogP) is -0.687. The first-order chi connectivity index (χ1) is 12.7. The van der Waals surface area contributed by atoms with Gasteiger partial charge in [0.05, 0.1) is 20.2 Å². The van der Waals surface area contributed by atoms with E-state index in [1.165, 1.54) is 33.2 Å². The Kier molecular flexibility index (Phi) is 9.41. The Labute approximate surface area is 164 Å². The minimum atomic E-state index is -1.16. The molecule has 0 radical (unpaired) electrons. The first-order valence-electron chi connectivity index (χ1n) is 8.50. The van der Waals surface area contributed by atoms with Crippen molar-refractivity contribution in [1.82, 2.24) is 19.6 Å². The van der Waals surface area contributed by atoms with E-state index in [2.05, 4.69) is 4.74 Å². The highest BCUT2D eigenvalue weighted by molar-refractivity contribution is 5.90. The molecule has 0 spiro atoms. The van der Waals surface area contributed by atoms with E-state index in [4.69, 9.17) is 5.11 Å². The number of carbonyl (C=O) groups is 5. The maximum atomic E-state index is 12.4. The number of aliphatic carboxylic acids is 1. The highest BCUT2D eigenvalue weighted by atomic mass is 16.5. The van der Waals surface area contributed by atoms with Crippen LogP contribution in [0.1, 0.15) is 20.8 Å². The zero-order chi connectivity index (χ0) is 22.2. The number of methoxy groups -OCH3 is 1. The van der Waals surface area contributed by atoms with Crippen LogP contribution in [0.2, 0.25) is 0 Å². The van der Waals surface area contributed by atoms with Gasteiger partial charge in [0.15, 0.2) is 0 Å². The standard InChI is InChI=1S/C17H30N4O7/c1-17(2,3)21(16(27)28-7)10-14(24)19(5)8-12(22)18(4)9-13(23)20(6)11-15(25)26/h8-11H2,1-7H3,(H,25,26). The van der Waals surface area contributed by atoms with E-state index in [-0.39, 0.29) is 19.6 Å². The van der Waals surface area contributed by atoms with Gasteiger partial charge in [-0.3, -0.25) is 24.1 Å². The number of rotatable bonds is 8. The summed E-state index contributed by atoms with van der Waals surface area (Å²) in [6, 6.07) is 0. The van der Waals surface area contributed by atoms with E-state index in [0.29, 0.717) is 0 Å². The van der Waals surface area contributed by atoms with Crippen molar-refractivity contribution < 1.29 is 33.8 Å². The normalized spacial score (nSPS) is 10.7. The molecular weight excluding hydrogens is 372 g/mol. The molecule has 1 N–H and O–H groups in total. The Hall–Kier alpha value is -2.85. The fourth-order valence-electron chi connectivity index (χ4n) is 2.06. The highest BCUT2D eigenvalue weighted by Crippen LogP contribution is 2.14. The molecular formula is C17H30N4O7. The molecule has 0 aliphatic rings. The van der Waals surface area contributed by atoms with E-state index in [1.54, 1.807) is 20.8 Å². The van der Waals surface area contributed by atoms with Gasteiger partial charge >= 0.3 is 12.1 Å². The average Bonchev–Trinajstić information content (AvgIpc) is 2.56. The van der Waals surface area contributed by atoms with Crippen molar-refractivity contribution in [2.45, 2.75) is 26.3 Å². The first kappa shape index (κ1) is 25.1. The number of carboxylic acid groups (broad SMARTS) is 1. The number of carboxylic acids is 1. The van der Waals surface area contributed by atoms with E-state index >= 15 is 0 Å². The first-order valence-corrected chi connectivity index (χ1v) is 8.50. The lowest BCUT2D eigenvalue weighted by molar-refractivity contribution is -0.146. The number of ether oxygens (including phenoxy) is 1. The van der Waals surface area contributed by atoms with Gasteiger partial charge in [0, 0.05) is 26.7 Å². The highest BCUT2D eigenvalue weighted by Gasteiger charge is 2.30. The van der Waals surface area contributed by atoms with Crippen molar-refractivity contribution in [3.63, 3.8) is 0 Å². The molecule has 0 bridgehead atoms. The maximum Gasteiger partial charge on any atom is 0.410 e. The van der Waals surface area contributed by atoms with Gasteiger partial charge in [-0.1, -0.05) is 0 Å². The minimum absolute atomic E-state index is 0.274. The maximum absolute atomic E-state index is 12.4. The summed E-state index contributed by atoms with van der Waals surface area (Å²) in [4.78, 5) is 63.5. The molecule has 0 aromatic heterocycles. The minimum Gasteiger partial charge on any atom is -0.480 e. The van der Waals surface area contributed by atoms with Gasteiger partial charge in [-0.05, 0) is 20.8 Å². The Balaban J connectivity index is 4.82. The van der Waals surface area contributed by atoms with Gasteiger partial charge in [0.2, 0.25) is 17.7 Å². The quantitative estimate of drug-likeness (QED) is 0.569. The molecule has 0 fully saturated rings. The topological polar surface area (TPSA) is 128 Å². The number of nitrogens with zero attached hydrogens (tertiary/aromatic N) is 4. The molecule has 28 heavy (non-hydrogen) atoms. The van der Waals surface area contributed by atoms with E-state index in [9.17, 15) is 24.0 Å². The van der Waals surface area contributed by atoms with Crippen LogP contribution in [0.25, 0.3) is 0 Å². The summed E-state index contributed by atoms with van der Waals surface area (Å²) < 4.78 is 4.69. The van der Waals surface area contributed by atoms with Crippen LogP contribution in [-0.2, 0) is 23.9 Å². The molecule has 0 aromatic rings. The summed E-state index contributed by atoms with van der Waals surface area (Å²) in [5, 5.41) is 8.69. The third-order valence-corrected chi connectivity index (χ3v) is 3.89. The lowest BCUT2D eigenvalue weighted by atomic mass is 10.1. The van der Waals surface area contributed by atoms with Gasteiger partial charge in [0.1, 0.15) is 13.1 Å². The Morgan fingerprint density at radius 1 is 0.750 bits per heavy atom. The van der Waals surface area contributed by atoms with Crippen LogP contribution in [0, 0.1) is 0 Å². The SMILES string of the molecule is COC(=O)N(CC(=O)N(C)CC(=O)N(C)CC(=O)N(C)CC(=O)O)C(C)(C)C. The van der Waals surface area contributed by atoms with E-state index < -0.39 is 41.9 Å². The second-order valence-corrected chi connectivity index (χ2v) is 7.37. The Bertz CT molecular complexity index is 615. The van der Waals surface area contributed by atoms with Crippen molar-refractivity contribution in [3.8, 4) is 0 Å². The molecule has 0 heterocycles. The van der Waals surface area contributed by atoms with Crippen LogP contribution in [0.15, 0.2) is 0 Å². The summed E-state index contributed by atoms with van der Waals surface area (Å²) in [7, 11) is 5.32. The molecule has 0 saturated heterocycles. The van der Waals surface area contributed by atoms with Gasteiger partial charge < -0.3 is 24.5 Å². The summed E-state index contributed by atoms with van der Waals surface area (Å²) in [6.07, 6.45) is -0.662. The molecule has 4 amide bonds. The van der Waals surface area contributed by atoms with Crippen LogP contribution >= 0.6 is 0 Å². The fraction of sp³-hybridized carbons (Fsp3) is 0.706. The van der Waals surface area contributed by atoms with Crippen molar-refractivity contribution >= 4 is 29.8 Å². The molecule has 0 aliphatic carbocycles. The Morgan fingerprint density at radius 2 is 1.11 bits per heavy atom. The molecule has 11 nitrogen and oxygen atoms in total. The second-order valence-electron chi connectivity index (χ2n) is 7.37. The van der Waals surface area contributed by atoms with Crippen LogP contribution in [-0.4, -0.2) is 114 Å². The molecule has 0 atom stereocenters. The lowest BCUT2D eigenvalue weighted by Crippen LogP contribution is -2.52. The molecule has 0 aromatic carbocycles. The zero-order valence-electron chi connectivity index (χ0n) is 17.5. The van der Waals surface area contributed by atoms with Gasteiger partial charge in [-0.25, -0.2) is 4.79 Å². The number of amides is 4. The van der Waals surface area contributed by atoms with Crippen LogP contribution in [0.3, 0.4) is 0 Å². The molecule has 0 aliphatic heterocycles. The van der Waals surface area contributed by atoms with Crippen molar-refractivity contribution in [2.24, 2.45) is 0 Å².